The Kier molecular flexibility index (Phi) is 6.71. The molecule has 1 aromatic heterocycles. The molecule has 3 N–H and O–H groups in total. The van der Waals surface area contributed by atoms with Crippen molar-refractivity contribution in [1.29, 1.82) is 0 Å². The second-order valence-corrected chi connectivity index (χ2v) is 6.24. The van der Waals surface area contributed by atoms with Crippen molar-refractivity contribution >= 4 is 53.2 Å². The molecule has 8 nitrogen and oxygen atoms in total. The third-order valence-corrected chi connectivity index (χ3v) is 4.61. The van der Waals surface area contributed by atoms with Crippen LogP contribution in [0.3, 0.4) is 0 Å². The first-order valence-corrected chi connectivity index (χ1v) is 8.38. The second-order valence-electron chi connectivity index (χ2n) is 6.24. The quantitative estimate of drug-likeness (QED) is 0.642. The number of hydrogen-bond donors (Lipinski definition) is 3. The first-order valence-electron chi connectivity index (χ1n) is 8.38. The van der Waals surface area contributed by atoms with Gasteiger partial charge in [0.1, 0.15) is 5.75 Å². The van der Waals surface area contributed by atoms with Crippen LogP contribution in [0.15, 0.2) is 29.1 Å². The van der Waals surface area contributed by atoms with Crippen molar-refractivity contribution < 1.29 is 14.3 Å². The van der Waals surface area contributed by atoms with Gasteiger partial charge in [0.15, 0.2) is 0 Å². The lowest BCUT2D eigenvalue weighted by molar-refractivity contribution is -0.140. The number of hydrazine groups is 1. The predicted molar refractivity (Wildman–Crippen MR) is 110 cm³/mol. The van der Waals surface area contributed by atoms with E-state index in [1.807, 2.05) is 12.1 Å². The van der Waals surface area contributed by atoms with E-state index in [-0.39, 0.29) is 36.9 Å². The molecule has 0 bridgehead atoms. The van der Waals surface area contributed by atoms with E-state index < -0.39 is 11.8 Å². The topological polar surface area (TPSA) is 104 Å². The summed E-state index contributed by atoms with van der Waals surface area (Å²) in [6.07, 6.45) is 4.07. The number of benzene rings is 1. The molecule has 2 aliphatic rings. The summed E-state index contributed by atoms with van der Waals surface area (Å²) in [5, 5.41) is 5.09. The average Bonchev–Trinajstić information content (AvgIpc) is 2.97. The third kappa shape index (κ3) is 3.71. The van der Waals surface area contributed by atoms with Crippen molar-refractivity contribution in [2.75, 3.05) is 19.0 Å². The van der Waals surface area contributed by atoms with E-state index in [0.717, 1.165) is 46.6 Å². The maximum Gasteiger partial charge on any atom is 0.268 e. The first-order chi connectivity index (χ1) is 12.6. The van der Waals surface area contributed by atoms with Crippen LogP contribution in [-0.4, -0.2) is 35.5 Å². The Morgan fingerprint density at radius 3 is 2.54 bits per heavy atom. The van der Waals surface area contributed by atoms with Gasteiger partial charge in [-0.05, 0) is 30.5 Å². The third-order valence-electron chi connectivity index (χ3n) is 4.61. The molecule has 10 heteroatoms. The number of methoxy groups -OCH3 is 1. The number of imide groups is 1. The van der Waals surface area contributed by atoms with Crippen LogP contribution < -0.4 is 21.0 Å². The molecule has 0 atom stereocenters. The number of pyridine rings is 1. The van der Waals surface area contributed by atoms with E-state index in [9.17, 15) is 14.4 Å². The molecule has 0 saturated carbocycles. The normalized spacial score (nSPS) is 15.0. The van der Waals surface area contributed by atoms with E-state index in [4.69, 9.17) is 4.74 Å². The van der Waals surface area contributed by atoms with Gasteiger partial charge in [0, 0.05) is 30.8 Å². The standard InChI is InChI=1S/C18H18N4O4.2ClH/c1-26-13-8-10(9-20-22-14(23)4-5-15(22)24)7-12-16(13)17-11(18(25)21-12)3-2-6-19-17;;/h4-5,7-8,19-20H,2-3,6,9H2,1H3,(H,21,25);2*1H. The molecule has 2 amide bonds. The van der Waals surface area contributed by atoms with Crippen LogP contribution in [-0.2, 0) is 22.6 Å². The summed E-state index contributed by atoms with van der Waals surface area (Å²) in [4.78, 5) is 38.5. The summed E-state index contributed by atoms with van der Waals surface area (Å²) in [6, 6.07) is 3.66. The van der Waals surface area contributed by atoms with Gasteiger partial charge in [-0.25, -0.2) is 10.4 Å². The average molecular weight is 427 g/mol. The number of nitrogens with one attached hydrogen (secondary N) is 3. The number of anilines is 1. The fourth-order valence-corrected chi connectivity index (χ4v) is 3.39. The highest BCUT2D eigenvalue weighted by atomic mass is 35.5. The van der Waals surface area contributed by atoms with Gasteiger partial charge in [-0.15, -0.1) is 24.8 Å². The van der Waals surface area contributed by atoms with Crippen molar-refractivity contribution in [3.63, 3.8) is 0 Å². The predicted octanol–water partition coefficient (Wildman–Crippen LogP) is 1.67. The van der Waals surface area contributed by atoms with Gasteiger partial charge in [-0.2, -0.15) is 0 Å². The summed E-state index contributed by atoms with van der Waals surface area (Å²) in [7, 11) is 1.57. The molecule has 0 radical (unpaired) electrons. The SMILES string of the molecule is COc1cc(CNN2C(=O)C=CC2=O)cc2[nH]c(=O)c3c(c12)NCCC3.Cl.Cl. The minimum atomic E-state index is -0.408. The minimum Gasteiger partial charge on any atom is -0.496 e. The number of amides is 2. The zero-order valence-electron chi connectivity index (χ0n) is 15.0. The lowest BCUT2D eigenvalue weighted by Crippen LogP contribution is -2.42. The number of rotatable bonds is 4. The first kappa shape index (κ1) is 21.7. The van der Waals surface area contributed by atoms with Gasteiger partial charge in [0.05, 0.1) is 23.7 Å². The second kappa shape index (κ2) is 8.64. The molecule has 1 aromatic carbocycles. The van der Waals surface area contributed by atoms with Gasteiger partial charge >= 0.3 is 0 Å². The number of carbonyl (C=O) groups excluding carboxylic acids is 2. The molecule has 3 heterocycles. The molecule has 150 valence electrons. The fourth-order valence-electron chi connectivity index (χ4n) is 3.39. The molecule has 0 spiro atoms. The smallest absolute Gasteiger partial charge is 0.268 e. The Hall–Kier alpha value is -2.55. The molecular formula is C18H20Cl2N4O4. The van der Waals surface area contributed by atoms with E-state index in [2.05, 4.69) is 15.7 Å². The molecule has 4 rings (SSSR count). The maximum atomic E-state index is 12.4. The zero-order valence-corrected chi connectivity index (χ0v) is 16.7. The molecule has 0 fully saturated rings. The number of aromatic nitrogens is 1. The Morgan fingerprint density at radius 1 is 1.14 bits per heavy atom. The molecule has 0 unspecified atom stereocenters. The fraction of sp³-hybridized carbons (Fsp3) is 0.278. The lowest BCUT2D eigenvalue weighted by atomic mass is 10.00. The summed E-state index contributed by atoms with van der Waals surface area (Å²) in [6.45, 7) is 1.04. The summed E-state index contributed by atoms with van der Waals surface area (Å²) >= 11 is 0. The molecule has 2 aromatic rings. The highest BCUT2D eigenvalue weighted by Gasteiger charge is 2.23. The van der Waals surface area contributed by atoms with Gasteiger partial charge in [0.2, 0.25) is 0 Å². The lowest BCUT2D eigenvalue weighted by Gasteiger charge is -2.21. The van der Waals surface area contributed by atoms with Crippen LogP contribution in [0.25, 0.3) is 10.9 Å². The van der Waals surface area contributed by atoms with Crippen LogP contribution in [0, 0.1) is 0 Å². The van der Waals surface area contributed by atoms with Gasteiger partial charge in [-0.3, -0.25) is 14.4 Å². The molecule has 0 saturated heterocycles. The van der Waals surface area contributed by atoms with Crippen LogP contribution in [0.1, 0.15) is 17.5 Å². The maximum absolute atomic E-state index is 12.4. The number of halogens is 2. The van der Waals surface area contributed by atoms with Crippen LogP contribution in [0.2, 0.25) is 0 Å². The van der Waals surface area contributed by atoms with Crippen molar-refractivity contribution in [3.8, 4) is 5.75 Å². The van der Waals surface area contributed by atoms with Crippen LogP contribution in [0.5, 0.6) is 5.75 Å². The highest BCUT2D eigenvalue weighted by molar-refractivity contribution is 6.12. The number of carbonyl (C=O) groups is 2. The summed E-state index contributed by atoms with van der Waals surface area (Å²) < 4.78 is 5.54. The largest absolute Gasteiger partial charge is 0.496 e. The van der Waals surface area contributed by atoms with Crippen LogP contribution in [0.4, 0.5) is 5.69 Å². The number of hydrogen-bond acceptors (Lipinski definition) is 6. The Labute approximate surface area is 173 Å². The number of aromatic amines is 1. The number of fused-ring (bicyclic) bond motifs is 3. The van der Waals surface area contributed by atoms with Gasteiger partial charge in [0.25, 0.3) is 17.4 Å². The molecule has 0 aliphatic carbocycles. The van der Waals surface area contributed by atoms with Crippen molar-refractivity contribution in [2.45, 2.75) is 19.4 Å². The summed E-state index contributed by atoms with van der Waals surface area (Å²) in [5.41, 5.74) is 5.67. The molecule has 2 aliphatic heterocycles. The van der Waals surface area contributed by atoms with Crippen LogP contribution >= 0.6 is 24.8 Å². The molecule has 28 heavy (non-hydrogen) atoms. The van der Waals surface area contributed by atoms with Gasteiger partial charge < -0.3 is 15.0 Å². The van der Waals surface area contributed by atoms with E-state index in [1.165, 1.54) is 12.2 Å². The number of ether oxygens (including phenoxy) is 1. The van der Waals surface area contributed by atoms with Crippen molar-refractivity contribution in [2.24, 2.45) is 0 Å². The number of nitrogens with zero attached hydrogens (tertiary/aromatic N) is 1. The molecular weight excluding hydrogens is 407 g/mol. The van der Waals surface area contributed by atoms with E-state index in [1.54, 1.807) is 7.11 Å². The Balaban J connectivity index is 0.00000140. The van der Waals surface area contributed by atoms with Gasteiger partial charge in [-0.1, -0.05) is 0 Å². The summed E-state index contributed by atoms with van der Waals surface area (Å²) in [5.74, 6) is -0.192. The van der Waals surface area contributed by atoms with Crippen molar-refractivity contribution in [1.82, 2.24) is 15.4 Å². The Morgan fingerprint density at radius 2 is 1.86 bits per heavy atom. The Bertz CT molecular complexity index is 1000. The number of H-pyrrole nitrogens is 1. The monoisotopic (exact) mass is 426 g/mol. The minimum absolute atomic E-state index is 0. The highest BCUT2D eigenvalue weighted by Crippen LogP contribution is 2.35. The van der Waals surface area contributed by atoms with E-state index in [0.29, 0.717) is 11.3 Å². The zero-order chi connectivity index (χ0) is 18.3. The van der Waals surface area contributed by atoms with E-state index >= 15 is 0 Å². The van der Waals surface area contributed by atoms with Crippen molar-refractivity contribution in [3.05, 3.63) is 45.8 Å².